The first-order valence-corrected chi connectivity index (χ1v) is 9.09. The van der Waals surface area contributed by atoms with Gasteiger partial charge in [-0.05, 0) is 43.7 Å². The first-order chi connectivity index (χ1) is 12.5. The number of alkyl halides is 3. The van der Waals surface area contributed by atoms with Crippen molar-refractivity contribution in [1.29, 1.82) is 0 Å². The molecule has 1 amide bonds. The van der Waals surface area contributed by atoms with E-state index in [0.717, 1.165) is 5.56 Å². The average molecular weight is 399 g/mol. The summed E-state index contributed by atoms with van der Waals surface area (Å²) in [4.78, 5) is 13.0. The van der Waals surface area contributed by atoms with Gasteiger partial charge in [-0.3, -0.25) is 4.79 Å². The van der Waals surface area contributed by atoms with Crippen molar-refractivity contribution in [2.75, 3.05) is 5.32 Å². The summed E-state index contributed by atoms with van der Waals surface area (Å²) in [5.41, 5.74) is 1.62. The average Bonchev–Trinajstić information content (AvgIpc) is 2.60. The third-order valence-corrected chi connectivity index (χ3v) is 4.71. The van der Waals surface area contributed by atoms with Crippen molar-refractivity contribution in [2.45, 2.75) is 24.9 Å². The van der Waals surface area contributed by atoms with Gasteiger partial charge in [-0.15, -0.1) is 0 Å². The maximum absolute atomic E-state index is 12.2. The Morgan fingerprint density at radius 3 is 2.07 bits per heavy atom. The van der Waals surface area contributed by atoms with E-state index in [9.17, 15) is 26.4 Å². The second-order valence-electron chi connectivity index (χ2n) is 5.63. The van der Waals surface area contributed by atoms with Gasteiger partial charge in [-0.1, -0.05) is 29.8 Å². The number of hydrazone groups is 1. The molecule has 0 heterocycles. The number of benzene rings is 2. The molecule has 0 aliphatic heterocycles. The summed E-state index contributed by atoms with van der Waals surface area (Å²) in [7, 11) is -3.84. The van der Waals surface area contributed by atoms with Crippen molar-refractivity contribution >= 4 is 27.3 Å². The van der Waals surface area contributed by atoms with E-state index >= 15 is 0 Å². The summed E-state index contributed by atoms with van der Waals surface area (Å²) >= 11 is 0. The molecule has 0 saturated heterocycles. The Bertz CT molecular complexity index is 952. The van der Waals surface area contributed by atoms with Crippen LogP contribution in [0.4, 0.5) is 18.9 Å². The van der Waals surface area contributed by atoms with Gasteiger partial charge < -0.3 is 5.32 Å². The van der Waals surface area contributed by atoms with Crippen molar-refractivity contribution in [1.82, 2.24) is 4.83 Å². The topological polar surface area (TPSA) is 87.6 Å². The Labute approximate surface area is 154 Å². The Kier molecular flexibility index (Phi) is 5.89. The molecule has 0 bridgehead atoms. The Morgan fingerprint density at radius 2 is 1.56 bits per heavy atom. The molecule has 0 saturated carbocycles. The van der Waals surface area contributed by atoms with Gasteiger partial charge in [0.2, 0.25) is 0 Å². The fraction of sp³-hybridized carbons (Fsp3) is 0.176. The van der Waals surface area contributed by atoms with Gasteiger partial charge in [0.15, 0.2) is 0 Å². The highest BCUT2D eigenvalue weighted by molar-refractivity contribution is 7.89. The van der Waals surface area contributed by atoms with Crippen LogP contribution >= 0.6 is 0 Å². The lowest BCUT2D eigenvalue weighted by molar-refractivity contribution is -0.167. The maximum Gasteiger partial charge on any atom is 0.471 e. The minimum absolute atomic E-state index is 0.0471. The normalized spacial score (nSPS) is 12.6. The van der Waals surface area contributed by atoms with Gasteiger partial charge in [0, 0.05) is 5.69 Å². The second-order valence-corrected chi connectivity index (χ2v) is 7.30. The smallest absolute Gasteiger partial charge is 0.318 e. The number of carbonyl (C=O) groups excluding carboxylic acids is 1. The highest BCUT2D eigenvalue weighted by atomic mass is 32.2. The largest absolute Gasteiger partial charge is 0.471 e. The molecule has 10 heteroatoms. The van der Waals surface area contributed by atoms with Gasteiger partial charge in [-0.25, -0.2) is 0 Å². The van der Waals surface area contributed by atoms with Crippen LogP contribution in [0.2, 0.25) is 0 Å². The number of anilines is 1. The van der Waals surface area contributed by atoms with Gasteiger partial charge in [0.1, 0.15) is 0 Å². The summed E-state index contributed by atoms with van der Waals surface area (Å²) in [6.07, 6.45) is -4.98. The zero-order valence-corrected chi connectivity index (χ0v) is 15.1. The quantitative estimate of drug-likeness (QED) is 0.598. The summed E-state index contributed by atoms with van der Waals surface area (Å²) in [5.74, 6) is -2.08. The van der Waals surface area contributed by atoms with Gasteiger partial charge >= 0.3 is 12.1 Å². The van der Waals surface area contributed by atoms with Crippen molar-refractivity contribution in [3.05, 3.63) is 59.7 Å². The SMILES string of the molecule is CC(=NNS(=O)(=O)c1ccc(C)cc1)c1ccc(NC(=O)C(F)(F)F)cc1. The van der Waals surface area contributed by atoms with Crippen LogP contribution in [0.1, 0.15) is 18.1 Å². The zero-order chi connectivity index (χ0) is 20.2. The summed E-state index contributed by atoms with van der Waals surface area (Å²) in [6, 6.07) is 11.5. The van der Waals surface area contributed by atoms with Crippen molar-refractivity contribution in [2.24, 2.45) is 5.10 Å². The van der Waals surface area contributed by atoms with Crippen molar-refractivity contribution in [3.8, 4) is 0 Å². The predicted octanol–water partition coefficient (Wildman–Crippen LogP) is 3.20. The number of hydrogen-bond donors (Lipinski definition) is 2. The molecule has 27 heavy (non-hydrogen) atoms. The minimum atomic E-state index is -4.98. The maximum atomic E-state index is 12.2. The molecule has 0 unspecified atom stereocenters. The molecule has 2 rings (SSSR count). The lowest BCUT2D eigenvalue weighted by Gasteiger charge is -2.09. The number of amides is 1. The summed E-state index contributed by atoms with van der Waals surface area (Å²) < 4.78 is 61.0. The van der Waals surface area contributed by atoms with Crippen LogP contribution < -0.4 is 10.1 Å². The molecule has 6 nitrogen and oxygen atoms in total. The predicted molar refractivity (Wildman–Crippen MR) is 94.8 cm³/mol. The number of halogens is 3. The highest BCUT2D eigenvalue weighted by Crippen LogP contribution is 2.18. The zero-order valence-electron chi connectivity index (χ0n) is 14.3. The molecule has 0 aliphatic rings. The first kappa shape index (κ1) is 20.4. The van der Waals surface area contributed by atoms with E-state index in [-0.39, 0.29) is 10.6 Å². The number of carbonyl (C=O) groups is 1. The van der Waals surface area contributed by atoms with Crippen LogP contribution in [0.25, 0.3) is 0 Å². The van der Waals surface area contributed by atoms with Crippen LogP contribution in [0, 0.1) is 6.92 Å². The number of sulfonamides is 1. The van der Waals surface area contributed by atoms with E-state index in [1.165, 1.54) is 43.3 Å². The molecule has 0 atom stereocenters. The molecular weight excluding hydrogens is 383 g/mol. The Hall–Kier alpha value is -2.88. The number of hydrogen-bond acceptors (Lipinski definition) is 4. The van der Waals surface area contributed by atoms with E-state index in [2.05, 4.69) is 9.93 Å². The van der Waals surface area contributed by atoms with E-state index in [0.29, 0.717) is 11.3 Å². The van der Waals surface area contributed by atoms with E-state index < -0.39 is 22.1 Å². The molecule has 0 aliphatic carbocycles. The van der Waals surface area contributed by atoms with Gasteiger partial charge in [0.05, 0.1) is 10.6 Å². The molecule has 2 aromatic rings. The van der Waals surface area contributed by atoms with Crippen molar-refractivity contribution in [3.63, 3.8) is 0 Å². The minimum Gasteiger partial charge on any atom is -0.318 e. The highest BCUT2D eigenvalue weighted by Gasteiger charge is 2.38. The third-order valence-electron chi connectivity index (χ3n) is 3.48. The molecule has 0 aromatic heterocycles. The van der Waals surface area contributed by atoms with E-state index in [1.54, 1.807) is 17.4 Å². The van der Waals surface area contributed by atoms with E-state index in [4.69, 9.17) is 0 Å². The van der Waals surface area contributed by atoms with Gasteiger partial charge in [0.25, 0.3) is 10.0 Å². The van der Waals surface area contributed by atoms with Crippen LogP contribution in [-0.4, -0.2) is 26.2 Å². The lowest BCUT2D eigenvalue weighted by Crippen LogP contribution is -2.29. The fourth-order valence-corrected chi connectivity index (χ4v) is 2.82. The van der Waals surface area contributed by atoms with E-state index in [1.807, 2.05) is 6.92 Å². The first-order valence-electron chi connectivity index (χ1n) is 7.60. The monoisotopic (exact) mass is 399 g/mol. The number of aryl methyl sites for hydroxylation is 1. The van der Waals surface area contributed by atoms with Crippen LogP contribution in [-0.2, 0) is 14.8 Å². The molecule has 144 valence electrons. The molecule has 0 spiro atoms. The van der Waals surface area contributed by atoms with Crippen LogP contribution in [0.5, 0.6) is 0 Å². The molecular formula is C17H16F3N3O3S. The van der Waals surface area contributed by atoms with Crippen LogP contribution in [0.15, 0.2) is 58.5 Å². The molecule has 0 fully saturated rings. The molecule has 2 aromatic carbocycles. The third kappa shape index (κ3) is 5.55. The standard InChI is InChI=1S/C17H16F3N3O3S/c1-11-3-9-15(10-4-11)27(25,26)23-22-12(2)13-5-7-14(8-6-13)21-16(24)17(18,19)20/h3-10,23H,1-2H3,(H,21,24). The lowest BCUT2D eigenvalue weighted by atomic mass is 10.1. The second kappa shape index (κ2) is 7.78. The summed E-state index contributed by atoms with van der Waals surface area (Å²) in [6.45, 7) is 3.36. The number of nitrogens with zero attached hydrogens (tertiary/aromatic N) is 1. The fourth-order valence-electron chi connectivity index (χ4n) is 1.96. The number of rotatable bonds is 5. The van der Waals surface area contributed by atoms with Crippen molar-refractivity contribution < 1.29 is 26.4 Å². The van der Waals surface area contributed by atoms with Crippen LogP contribution in [0.3, 0.4) is 0 Å². The number of nitrogens with one attached hydrogen (secondary N) is 2. The Balaban J connectivity index is 2.09. The molecule has 2 N–H and O–H groups in total. The van der Waals surface area contributed by atoms with Gasteiger partial charge in [-0.2, -0.15) is 31.5 Å². The molecule has 0 radical (unpaired) electrons. The summed E-state index contributed by atoms with van der Waals surface area (Å²) in [5, 5.41) is 5.52. The Morgan fingerprint density at radius 1 is 1.00 bits per heavy atom.